The molecule has 0 aliphatic carbocycles. The van der Waals surface area contributed by atoms with Gasteiger partial charge in [0.05, 0.1) is 28.5 Å². The van der Waals surface area contributed by atoms with Gasteiger partial charge in [-0.15, -0.1) is 0 Å². The Hall–Kier alpha value is -2.86. The number of nitrogens with one attached hydrogen (secondary N) is 1. The highest BCUT2D eigenvalue weighted by atomic mass is 32.2. The van der Waals surface area contributed by atoms with Crippen LogP contribution >= 0.6 is 11.8 Å². The van der Waals surface area contributed by atoms with E-state index in [1.54, 1.807) is 24.3 Å². The molecule has 0 aliphatic heterocycles. The molecule has 1 atom stereocenters. The lowest BCUT2D eigenvalue weighted by Crippen LogP contribution is -2.22. The molecule has 0 aliphatic rings. The summed E-state index contributed by atoms with van der Waals surface area (Å²) in [5.41, 5.74) is 2.99. The van der Waals surface area contributed by atoms with Gasteiger partial charge in [-0.2, -0.15) is 0 Å². The number of esters is 1. The number of hydrogen-bond donors (Lipinski definition) is 1. The smallest absolute Gasteiger partial charge is 0.337 e. The van der Waals surface area contributed by atoms with Gasteiger partial charge < -0.3 is 10.1 Å². The van der Waals surface area contributed by atoms with Crippen LogP contribution in [0.5, 0.6) is 0 Å². The third-order valence-corrected chi connectivity index (χ3v) is 5.14. The van der Waals surface area contributed by atoms with E-state index in [-0.39, 0.29) is 11.2 Å². The van der Waals surface area contributed by atoms with Crippen LogP contribution in [0.25, 0.3) is 10.9 Å². The Bertz CT molecular complexity index is 1000. The van der Waals surface area contributed by atoms with Crippen molar-refractivity contribution < 1.29 is 14.3 Å². The molecular weight excluding hydrogens is 360 g/mol. The molecule has 1 N–H and O–H groups in total. The topological polar surface area (TPSA) is 68.3 Å². The number of hydrogen-bond acceptors (Lipinski definition) is 5. The van der Waals surface area contributed by atoms with Crippen LogP contribution in [0.2, 0.25) is 0 Å². The van der Waals surface area contributed by atoms with Crippen molar-refractivity contribution in [1.29, 1.82) is 0 Å². The van der Waals surface area contributed by atoms with Crippen molar-refractivity contribution >= 4 is 40.2 Å². The van der Waals surface area contributed by atoms with Gasteiger partial charge in [-0.1, -0.05) is 36.0 Å². The van der Waals surface area contributed by atoms with E-state index in [4.69, 9.17) is 4.74 Å². The number of benzene rings is 2. The number of anilines is 1. The molecule has 138 valence electrons. The Morgan fingerprint density at radius 3 is 2.67 bits per heavy atom. The van der Waals surface area contributed by atoms with Crippen LogP contribution in [0.15, 0.2) is 59.6 Å². The summed E-state index contributed by atoms with van der Waals surface area (Å²) < 4.78 is 4.70. The van der Waals surface area contributed by atoms with Gasteiger partial charge in [-0.3, -0.25) is 4.79 Å². The fraction of sp³-hybridized carbons (Fsp3) is 0.190. The van der Waals surface area contributed by atoms with Crippen molar-refractivity contribution in [1.82, 2.24) is 4.98 Å². The summed E-state index contributed by atoms with van der Waals surface area (Å²) in [4.78, 5) is 28.8. The van der Waals surface area contributed by atoms with E-state index in [2.05, 4.69) is 10.3 Å². The molecule has 0 spiro atoms. The highest BCUT2D eigenvalue weighted by Gasteiger charge is 2.17. The van der Waals surface area contributed by atoms with Crippen molar-refractivity contribution in [2.45, 2.75) is 24.1 Å². The molecule has 0 saturated heterocycles. The number of amides is 1. The van der Waals surface area contributed by atoms with Gasteiger partial charge in [0.2, 0.25) is 5.91 Å². The first-order chi connectivity index (χ1) is 13.0. The average molecular weight is 380 g/mol. The SMILES string of the molecule is COC(=O)c1cccc(NC(=O)C(C)Sc2cc(C)c3ccccc3n2)c1. The minimum absolute atomic E-state index is 0.158. The molecule has 1 unspecified atom stereocenters. The Labute approximate surface area is 162 Å². The van der Waals surface area contributed by atoms with Crippen molar-refractivity contribution in [2.75, 3.05) is 12.4 Å². The molecule has 27 heavy (non-hydrogen) atoms. The van der Waals surface area contributed by atoms with Gasteiger partial charge >= 0.3 is 5.97 Å². The second-order valence-corrected chi connectivity index (χ2v) is 7.48. The highest BCUT2D eigenvalue weighted by Crippen LogP contribution is 2.27. The molecule has 1 amide bonds. The standard InChI is InChI=1S/C21H20N2O3S/c1-13-11-19(23-18-10-5-4-9-17(13)18)27-14(2)20(24)22-16-8-6-7-15(12-16)21(25)26-3/h4-12,14H,1-3H3,(H,22,24). The number of thioether (sulfide) groups is 1. The molecule has 3 rings (SSSR count). The van der Waals surface area contributed by atoms with Crippen LogP contribution in [-0.4, -0.2) is 29.2 Å². The largest absolute Gasteiger partial charge is 0.465 e. The average Bonchev–Trinajstić information content (AvgIpc) is 2.67. The quantitative estimate of drug-likeness (QED) is 0.523. The van der Waals surface area contributed by atoms with Gasteiger partial charge in [-0.25, -0.2) is 9.78 Å². The molecular formula is C21H20N2O3S. The molecule has 0 fully saturated rings. The number of aryl methyl sites for hydroxylation is 1. The Morgan fingerprint density at radius 2 is 1.89 bits per heavy atom. The van der Waals surface area contributed by atoms with Crippen LogP contribution in [-0.2, 0) is 9.53 Å². The van der Waals surface area contributed by atoms with Crippen molar-refractivity contribution in [3.05, 3.63) is 65.7 Å². The number of rotatable bonds is 5. The zero-order chi connectivity index (χ0) is 19.4. The number of nitrogens with zero attached hydrogens (tertiary/aromatic N) is 1. The third kappa shape index (κ3) is 4.46. The first-order valence-electron chi connectivity index (χ1n) is 8.50. The van der Waals surface area contributed by atoms with Crippen LogP contribution in [0.3, 0.4) is 0 Å². The molecule has 1 heterocycles. The van der Waals surface area contributed by atoms with E-state index < -0.39 is 5.97 Å². The molecule has 6 heteroatoms. The van der Waals surface area contributed by atoms with Crippen LogP contribution in [0.1, 0.15) is 22.8 Å². The van der Waals surface area contributed by atoms with Gasteiger partial charge in [0, 0.05) is 11.1 Å². The lowest BCUT2D eigenvalue weighted by Gasteiger charge is -2.13. The number of ether oxygens (including phenoxy) is 1. The number of methoxy groups -OCH3 is 1. The van der Waals surface area contributed by atoms with Crippen molar-refractivity contribution in [3.63, 3.8) is 0 Å². The third-order valence-electron chi connectivity index (χ3n) is 4.12. The molecule has 0 bridgehead atoms. The lowest BCUT2D eigenvalue weighted by molar-refractivity contribution is -0.115. The predicted octanol–water partition coefficient (Wildman–Crippen LogP) is 4.45. The van der Waals surface area contributed by atoms with Crippen molar-refractivity contribution in [3.8, 4) is 0 Å². The summed E-state index contributed by atoms with van der Waals surface area (Å²) in [6.07, 6.45) is 0. The molecule has 0 saturated carbocycles. The van der Waals surface area contributed by atoms with Gasteiger partial charge in [0.15, 0.2) is 0 Å². The maximum Gasteiger partial charge on any atom is 0.337 e. The van der Waals surface area contributed by atoms with Gasteiger partial charge in [0.1, 0.15) is 0 Å². The summed E-state index contributed by atoms with van der Waals surface area (Å²) >= 11 is 1.40. The fourth-order valence-corrected chi connectivity index (χ4v) is 3.62. The van der Waals surface area contributed by atoms with E-state index >= 15 is 0 Å². The Morgan fingerprint density at radius 1 is 1.11 bits per heavy atom. The fourth-order valence-electron chi connectivity index (χ4n) is 2.70. The second-order valence-electron chi connectivity index (χ2n) is 6.12. The minimum atomic E-state index is -0.440. The molecule has 1 aromatic heterocycles. The number of carbonyl (C=O) groups is 2. The summed E-state index contributed by atoms with van der Waals surface area (Å²) in [5.74, 6) is -0.598. The number of carbonyl (C=O) groups excluding carboxylic acids is 2. The van der Waals surface area contributed by atoms with Gasteiger partial charge in [0.25, 0.3) is 0 Å². The number of fused-ring (bicyclic) bond motifs is 1. The highest BCUT2D eigenvalue weighted by molar-refractivity contribution is 8.00. The van der Waals surface area contributed by atoms with Crippen LogP contribution in [0.4, 0.5) is 5.69 Å². The summed E-state index contributed by atoms with van der Waals surface area (Å²) in [6, 6.07) is 16.6. The zero-order valence-corrected chi connectivity index (χ0v) is 16.2. The second kappa shape index (κ2) is 8.22. The normalized spacial score (nSPS) is 11.8. The number of aromatic nitrogens is 1. The Kier molecular flexibility index (Phi) is 5.76. The van der Waals surface area contributed by atoms with Gasteiger partial charge in [-0.05, 0) is 49.7 Å². The summed E-state index contributed by atoms with van der Waals surface area (Å²) in [7, 11) is 1.32. The molecule has 5 nitrogen and oxygen atoms in total. The maximum absolute atomic E-state index is 12.5. The first-order valence-corrected chi connectivity index (χ1v) is 9.38. The van der Waals surface area contributed by atoms with Crippen molar-refractivity contribution in [2.24, 2.45) is 0 Å². The summed E-state index contributed by atoms with van der Waals surface area (Å²) in [6.45, 7) is 3.87. The molecule has 3 aromatic rings. The molecule has 2 aromatic carbocycles. The van der Waals surface area contributed by atoms with Crippen LogP contribution < -0.4 is 5.32 Å². The zero-order valence-electron chi connectivity index (χ0n) is 15.4. The van der Waals surface area contributed by atoms with E-state index in [1.807, 2.05) is 44.2 Å². The maximum atomic E-state index is 12.5. The summed E-state index contributed by atoms with van der Waals surface area (Å²) in [5, 5.41) is 4.40. The monoisotopic (exact) mass is 380 g/mol. The number of para-hydroxylation sites is 1. The Balaban J connectivity index is 1.72. The van der Waals surface area contributed by atoms with E-state index in [0.29, 0.717) is 11.3 Å². The molecule has 0 radical (unpaired) electrons. The first kappa shape index (κ1) is 18.9. The number of pyridine rings is 1. The lowest BCUT2D eigenvalue weighted by atomic mass is 10.1. The van der Waals surface area contributed by atoms with Crippen LogP contribution in [0, 0.1) is 6.92 Å². The van der Waals surface area contributed by atoms with E-state index in [0.717, 1.165) is 21.5 Å². The predicted molar refractivity (Wildman–Crippen MR) is 108 cm³/mol. The minimum Gasteiger partial charge on any atom is -0.465 e. The van der Waals surface area contributed by atoms with E-state index in [1.165, 1.54) is 18.9 Å². The van der Waals surface area contributed by atoms with E-state index in [9.17, 15) is 9.59 Å².